The number of alkyl halides is 2. The van der Waals surface area contributed by atoms with Gasteiger partial charge in [-0.25, -0.2) is 4.39 Å². The third-order valence-electron chi connectivity index (χ3n) is 2.17. The number of hydrogen-bond acceptors (Lipinski definition) is 1. The fourth-order valence-electron chi connectivity index (χ4n) is 1.38. The zero-order valence-corrected chi connectivity index (χ0v) is 12.0. The molecule has 0 spiro atoms. The van der Waals surface area contributed by atoms with E-state index in [1.54, 1.807) is 6.07 Å². The van der Waals surface area contributed by atoms with Crippen molar-refractivity contribution in [1.82, 2.24) is 4.90 Å². The fraction of sp³-hybridized carbons (Fsp3) is 0.364. The normalized spacial score (nSPS) is 10.4. The van der Waals surface area contributed by atoms with E-state index in [1.807, 2.05) is 0 Å². The van der Waals surface area contributed by atoms with Crippen LogP contribution in [0.3, 0.4) is 0 Å². The molecule has 0 saturated carbocycles. The van der Waals surface area contributed by atoms with Gasteiger partial charge in [-0.1, -0.05) is 6.07 Å². The highest BCUT2D eigenvalue weighted by atomic mass is 79.9. The van der Waals surface area contributed by atoms with Crippen LogP contribution >= 0.6 is 39.1 Å². The summed E-state index contributed by atoms with van der Waals surface area (Å²) < 4.78 is 14.0. The average molecular weight is 343 g/mol. The summed E-state index contributed by atoms with van der Waals surface area (Å²) in [4.78, 5) is 13.5. The maximum absolute atomic E-state index is 13.6. The van der Waals surface area contributed by atoms with Crippen LogP contribution in [0.5, 0.6) is 0 Å². The van der Waals surface area contributed by atoms with Crippen LogP contribution in [0, 0.1) is 5.82 Å². The number of benzene rings is 1. The molecule has 0 aliphatic heterocycles. The minimum absolute atomic E-state index is 0.0164. The van der Waals surface area contributed by atoms with Crippen LogP contribution in [0.2, 0.25) is 0 Å². The molecule has 94 valence electrons. The first-order valence-corrected chi connectivity index (χ1v) is 6.83. The van der Waals surface area contributed by atoms with Crippen molar-refractivity contribution in [1.29, 1.82) is 0 Å². The van der Waals surface area contributed by atoms with Crippen molar-refractivity contribution in [3.8, 4) is 0 Å². The molecule has 6 heteroatoms. The van der Waals surface area contributed by atoms with Crippen LogP contribution in [-0.2, 0) is 0 Å². The molecule has 1 amide bonds. The third kappa shape index (κ3) is 3.83. The first-order valence-electron chi connectivity index (χ1n) is 4.97. The quantitative estimate of drug-likeness (QED) is 0.750. The van der Waals surface area contributed by atoms with Crippen molar-refractivity contribution >= 4 is 45.0 Å². The van der Waals surface area contributed by atoms with Gasteiger partial charge < -0.3 is 4.90 Å². The molecule has 17 heavy (non-hydrogen) atoms. The van der Waals surface area contributed by atoms with E-state index in [0.29, 0.717) is 17.6 Å². The number of carbonyl (C=O) groups excluding carboxylic acids is 1. The second-order valence-electron chi connectivity index (χ2n) is 3.27. The van der Waals surface area contributed by atoms with Gasteiger partial charge in [-0.05, 0) is 28.1 Å². The third-order valence-corrected chi connectivity index (χ3v) is 3.17. The number of carbonyl (C=O) groups is 1. The van der Waals surface area contributed by atoms with Gasteiger partial charge in [0.1, 0.15) is 5.82 Å². The highest BCUT2D eigenvalue weighted by molar-refractivity contribution is 9.10. The number of halogens is 4. The Labute approximate surface area is 118 Å². The molecule has 0 radical (unpaired) electrons. The zero-order chi connectivity index (χ0) is 12.8. The molecule has 0 atom stereocenters. The Hall–Kier alpha value is -0.320. The maximum Gasteiger partial charge on any atom is 0.258 e. The minimum Gasteiger partial charge on any atom is -0.336 e. The molecule has 2 nitrogen and oxygen atoms in total. The van der Waals surface area contributed by atoms with Crippen LogP contribution in [0.25, 0.3) is 0 Å². The summed E-state index contributed by atoms with van der Waals surface area (Å²) in [5, 5.41) is 0. The molecule has 1 aromatic rings. The van der Waals surface area contributed by atoms with Gasteiger partial charge in [0.25, 0.3) is 5.91 Å². The van der Waals surface area contributed by atoms with Crippen molar-refractivity contribution in [3.63, 3.8) is 0 Å². The van der Waals surface area contributed by atoms with Crippen molar-refractivity contribution < 1.29 is 9.18 Å². The van der Waals surface area contributed by atoms with Crippen LogP contribution in [0.15, 0.2) is 22.7 Å². The first-order chi connectivity index (χ1) is 8.11. The van der Waals surface area contributed by atoms with Crippen LogP contribution in [0.1, 0.15) is 10.4 Å². The van der Waals surface area contributed by atoms with Crippen molar-refractivity contribution in [2.45, 2.75) is 0 Å². The van der Waals surface area contributed by atoms with Gasteiger partial charge in [-0.15, -0.1) is 23.2 Å². The standard InChI is InChI=1S/C11H11BrCl2FNO/c12-8-2-1-3-9(15)10(8)11(17)16(6-4-13)7-5-14/h1-3H,4-7H2. The SMILES string of the molecule is O=C(c1c(F)cccc1Br)N(CCCl)CCCl. The first kappa shape index (κ1) is 14.7. The molecule has 0 fully saturated rings. The largest absolute Gasteiger partial charge is 0.336 e. The molecular weight excluding hydrogens is 332 g/mol. The summed E-state index contributed by atoms with van der Waals surface area (Å²) in [6.45, 7) is 0.682. The Morgan fingerprint density at radius 1 is 1.29 bits per heavy atom. The number of nitrogens with zero attached hydrogens (tertiary/aromatic N) is 1. The average Bonchev–Trinajstić information content (AvgIpc) is 2.28. The lowest BCUT2D eigenvalue weighted by Gasteiger charge is -2.21. The minimum atomic E-state index is -0.557. The number of hydrogen-bond donors (Lipinski definition) is 0. The number of amides is 1. The summed E-state index contributed by atoms with van der Waals surface area (Å²) in [5.74, 6) is -0.390. The highest BCUT2D eigenvalue weighted by Crippen LogP contribution is 2.21. The van der Waals surface area contributed by atoms with E-state index in [0.717, 1.165) is 0 Å². The van der Waals surface area contributed by atoms with E-state index in [1.165, 1.54) is 17.0 Å². The van der Waals surface area contributed by atoms with Gasteiger partial charge in [-0.3, -0.25) is 4.79 Å². The van der Waals surface area contributed by atoms with Crippen LogP contribution in [0.4, 0.5) is 4.39 Å². The Bertz CT molecular complexity index is 377. The van der Waals surface area contributed by atoms with Crippen LogP contribution in [-0.4, -0.2) is 35.7 Å². The highest BCUT2D eigenvalue weighted by Gasteiger charge is 2.20. The predicted molar refractivity (Wildman–Crippen MR) is 71.4 cm³/mol. The molecule has 0 heterocycles. The molecule has 0 saturated heterocycles. The van der Waals surface area contributed by atoms with Gasteiger partial charge in [0.2, 0.25) is 0 Å². The monoisotopic (exact) mass is 341 g/mol. The van der Waals surface area contributed by atoms with Gasteiger partial charge in [-0.2, -0.15) is 0 Å². The predicted octanol–water partition coefficient (Wildman–Crippen LogP) is 3.51. The Morgan fingerprint density at radius 3 is 2.35 bits per heavy atom. The van der Waals surface area contributed by atoms with E-state index < -0.39 is 11.7 Å². The lowest BCUT2D eigenvalue weighted by atomic mass is 10.2. The Balaban J connectivity index is 3.00. The molecule has 0 N–H and O–H groups in total. The topological polar surface area (TPSA) is 20.3 Å². The van der Waals surface area contributed by atoms with Crippen molar-refractivity contribution in [3.05, 3.63) is 34.1 Å². The Morgan fingerprint density at radius 2 is 1.88 bits per heavy atom. The Kier molecular flexibility index (Phi) is 6.23. The van der Waals surface area contributed by atoms with Crippen molar-refractivity contribution in [2.24, 2.45) is 0 Å². The van der Waals surface area contributed by atoms with Gasteiger partial charge >= 0.3 is 0 Å². The van der Waals surface area contributed by atoms with E-state index in [2.05, 4.69) is 15.9 Å². The summed E-state index contributed by atoms with van der Waals surface area (Å²) in [7, 11) is 0. The molecule has 0 bridgehead atoms. The molecule has 0 aliphatic rings. The summed E-state index contributed by atoms with van der Waals surface area (Å²) in [6.07, 6.45) is 0. The second kappa shape index (κ2) is 7.19. The zero-order valence-electron chi connectivity index (χ0n) is 8.93. The maximum atomic E-state index is 13.6. The summed E-state index contributed by atoms with van der Waals surface area (Å²) in [6, 6.07) is 4.40. The van der Waals surface area contributed by atoms with E-state index in [9.17, 15) is 9.18 Å². The van der Waals surface area contributed by atoms with E-state index >= 15 is 0 Å². The second-order valence-corrected chi connectivity index (χ2v) is 4.88. The molecule has 0 aliphatic carbocycles. The smallest absolute Gasteiger partial charge is 0.258 e. The lowest BCUT2D eigenvalue weighted by Crippen LogP contribution is -2.35. The molecule has 1 rings (SSSR count). The van der Waals surface area contributed by atoms with Gasteiger partial charge in [0.05, 0.1) is 5.56 Å². The van der Waals surface area contributed by atoms with E-state index in [4.69, 9.17) is 23.2 Å². The summed E-state index contributed by atoms with van der Waals surface area (Å²) in [5.41, 5.74) is 0.0164. The van der Waals surface area contributed by atoms with E-state index in [-0.39, 0.29) is 17.3 Å². The molecular formula is C11H11BrCl2FNO. The van der Waals surface area contributed by atoms with Gasteiger partial charge in [0, 0.05) is 29.3 Å². The molecule has 0 aromatic heterocycles. The van der Waals surface area contributed by atoms with Crippen molar-refractivity contribution in [2.75, 3.05) is 24.8 Å². The van der Waals surface area contributed by atoms with Gasteiger partial charge in [0.15, 0.2) is 0 Å². The lowest BCUT2D eigenvalue weighted by molar-refractivity contribution is 0.0769. The molecule has 1 aromatic carbocycles. The van der Waals surface area contributed by atoms with Crippen LogP contribution < -0.4 is 0 Å². The fourth-order valence-corrected chi connectivity index (χ4v) is 2.30. The molecule has 0 unspecified atom stereocenters. The summed E-state index contributed by atoms with van der Waals surface area (Å²) >= 11 is 14.4. The number of rotatable bonds is 5.